The Hall–Kier alpha value is -2.56. The van der Waals surface area contributed by atoms with Crippen molar-refractivity contribution in [2.24, 2.45) is 0 Å². The Kier molecular flexibility index (Phi) is 5.87. The van der Waals surface area contributed by atoms with Gasteiger partial charge in [0.2, 0.25) is 5.95 Å². The standard InChI is InChI=1S/C22H29N5/c1-2-6-18(7-3-1)12-14-23-22-24-15-13-21(26-22)25-19-8-10-20(11-9-19)27-16-4-5-17-27/h6,8-11,13,15H,1-5,7,12,14,16-17H2,(H2,23,24,25,26). The molecule has 1 saturated heterocycles. The lowest BCUT2D eigenvalue weighted by Crippen LogP contribution is -2.17. The Labute approximate surface area is 161 Å². The van der Waals surface area contributed by atoms with Gasteiger partial charge in [-0.05, 0) is 75.3 Å². The predicted molar refractivity (Wildman–Crippen MR) is 113 cm³/mol. The van der Waals surface area contributed by atoms with Gasteiger partial charge in [0.05, 0.1) is 0 Å². The van der Waals surface area contributed by atoms with Gasteiger partial charge in [-0.3, -0.25) is 0 Å². The zero-order valence-corrected chi connectivity index (χ0v) is 16.0. The van der Waals surface area contributed by atoms with Gasteiger partial charge in [0.15, 0.2) is 0 Å². The van der Waals surface area contributed by atoms with Crippen LogP contribution in [0.2, 0.25) is 0 Å². The van der Waals surface area contributed by atoms with E-state index in [1.165, 1.54) is 57.3 Å². The highest BCUT2D eigenvalue weighted by atomic mass is 15.1. The van der Waals surface area contributed by atoms with Crippen LogP contribution in [0.4, 0.5) is 23.1 Å². The largest absolute Gasteiger partial charge is 0.372 e. The first kappa shape index (κ1) is 17.8. The third-order valence-corrected chi connectivity index (χ3v) is 5.38. The van der Waals surface area contributed by atoms with E-state index in [1.54, 1.807) is 11.8 Å². The van der Waals surface area contributed by atoms with E-state index >= 15 is 0 Å². The van der Waals surface area contributed by atoms with Crippen LogP contribution in [0.3, 0.4) is 0 Å². The van der Waals surface area contributed by atoms with Crippen molar-refractivity contribution in [3.05, 3.63) is 48.2 Å². The van der Waals surface area contributed by atoms with Crippen LogP contribution < -0.4 is 15.5 Å². The first-order valence-corrected chi connectivity index (χ1v) is 10.2. The van der Waals surface area contributed by atoms with E-state index < -0.39 is 0 Å². The number of aromatic nitrogens is 2. The van der Waals surface area contributed by atoms with Crippen LogP contribution >= 0.6 is 0 Å². The maximum Gasteiger partial charge on any atom is 0.224 e. The highest BCUT2D eigenvalue weighted by Crippen LogP contribution is 2.24. The van der Waals surface area contributed by atoms with E-state index in [9.17, 15) is 0 Å². The third-order valence-electron chi connectivity index (χ3n) is 5.38. The average molecular weight is 364 g/mol. The Morgan fingerprint density at radius 3 is 2.59 bits per heavy atom. The molecule has 0 spiro atoms. The highest BCUT2D eigenvalue weighted by molar-refractivity contribution is 5.61. The molecular formula is C22H29N5. The summed E-state index contributed by atoms with van der Waals surface area (Å²) < 4.78 is 0. The molecule has 2 N–H and O–H groups in total. The lowest BCUT2D eigenvalue weighted by atomic mass is 9.97. The third kappa shape index (κ3) is 5.00. The van der Waals surface area contributed by atoms with E-state index in [-0.39, 0.29) is 0 Å². The number of hydrogen-bond donors (Lipinski definition) is 2. The molecule has 0 bridgehead atoms. The number of rotatable bonds is 7. The lowest BCUT2D eigenvalue weighted by molar-refractivity contribution is 0.679. The number of nitrogens with zero attached hydrogens (tertiary/aromatic N) is 3. The summed E-state index contributed by atoms with van der Waals surface area (Å²) in [7, 11) is 0. The molecule has 4 rings (SSSR count). The molecule has 0 unspecified atom stereocenters. The molecule has 5 heteroatoms. The molecule has 0 atom stereocenters. The fourth-order valence-electron chi connectivity index (χ4n) is 3.86. The van der Waals surface area contributed by atoms with Crippen molar-refractivity contribution < 1.29 is 0 Å². The van der Waals surface area contributed by atoms with Crippen LogP contribution in [-0.4, -0.2) is 29.6 Å². The maximum atomic E-state index is 4.59. The molecule has 0 amide bonds. The summed E-state index contributed by atoms with van der Waals surface area (Å²) in [5.41, 5.74) is 3.93. The maximum absolute atomic E-state index is 4.59. The van der Waals surface area contributed by atoms with Crippen molar-refractivity contribution in [2.45, 2.75) is 44.9 Å². The zero-order chi connectivity index (χ0) is 18.3. The van der Waals surface area contributed by atoms with Crippen LogP contribution in [0.25, 0.3) is 0 Å². The number of nitrogens with one attached hydrogen (secondary N) is 2. The molecule has 2 aliphatic rings. The summed E-state index contributed by atoms with van der Waals surface area (Å²) in [6.07, 6.45) is 13.0. The minimum atomic E-state index is 0.685. The first-order valence-electron chi connectivity index (χ1n) is 10.2. The second kappa shape index (κ2) is 8.89. The molecular weight excluding hydrogens is 334 g/mol. The van der Waals surface area contributed by atoms with E-state index in [0.29, 0.717) is 5.95 Å². The minimum absolute atomic E-state index is 0.685. The number of anilines is 4. The summed E-state index contributed by atoms with van der Waals surface area (Å²) in [6.45, 7) is 3.23. The van der Waals surface area contributed by atoms with E-state index in [0.717, 1.165) is 24.5 Å². The summed E-state index contributed by atoms with van der Waals surface area (Å²) in [5, 5.41) is 6.74. The molecule has 1 aromatic carbocycles. The fraction of sp³-hybridized carbons (Fsp3) is 0.455. The van der Waals surface area contributed by atoms with E-state index in [1.807, 2.05) is 6.07 Å². The minimum Gasteiger partial charge on any atom is -0.372 e. The molecule has 1 fully saturated rings. The Balaban J connectivity index is 1.31. The normalized spacial score (nSPS) is 16.9. The Bertz CT molecular complexity index is 763. The molecule has 1 aromatic heterocycles. The van der Waals surface area contributed by atoms with Crippen LogP contribution in [0.1, 0.15) is 44.9 Å². The van der Waals surface area contributed by atoms with Crippen molar-refractivity contribution in [1.82, 2.24) is 9.97 Å². The van der Waals surface area contributed by atoms with E-state index in [2.05, 4.69) is 55.8 Å². The summed E-state index contributed by atoms with van der Waals surface area (Å²) in [6, 6.07) is 10.5. The number of allylic oxidation sites excluding steroid dienone is 1. The Morgan fingerprint density at radius 2 is 1.81 bits per heavy atom. The monoisotopic (exact) mass is 363 g/mol. The van der Waals surface area contributed by atoms with Crippen molar-refractivity contribution in [3.63, 3.8) is 0 Å². The molecule has 5 nitrogen and oxygen atoms in total. The van der Waals surface area contributed by atoms with Crippen LogP contribution in [0.15, 0.2) is 48.2 Å². The topological polar surface area (TPSA) is 53.1 Å². The van der Waals surface area contributed by atoms with Gasteiger partial charge in [0.1, 0.15) is 5.82 Å². The molecule has 1 aliphatic heterocycles. The Morgan fingerprint density at radius 1 is 0.963 bits per heavy atom. The second-order valence-electron chi connectivity index (χ2n) is 7.42. The molecule has 2 heterocycles. The first-order chi connectivity index (χ1) is 13.4. The van der Waals surface area contributed by atoms with Gasteiger partial charge in [-0.25, -0.2) is 4.98 Å². The summed E-state index contributed by atoms with van der Waals surface area (Å²) >= 11 is 0. The second-order valence-corrected chi connectivity index (χ2v) is 7.42. The fourth-order valence-corrected chi connectivity index (χ4v) is 3.86. The van der Waals surface area contributed by atoms with Gasteiger partial charge in [-0.2, -0.15) is 4.98 Å². The average Bonchev–Trinajstić information content (AvgIpc) is 3.25. The van der Waals surface area contributed by atoms with Gasteiger partial charge in [-0.15, -0.1) is 0 Å². The predicted octanol–water partition coefficient (Wildman–Crippen LogP) is 5.12. The number of benzene rings is 1. The summed E-state index contributed by atoms with van der Waals surface area (Å²) in [4.78, 5) is 11.4. The smallest absolute Gasteiger partial charge is 0.224 e. The molecule has 0 saturated carbocycles. The van der Waals surface area contributed by atoms with Crippen molar-refractivity contribution in [2.75, 3.05) is 35.2 Å². The molecule has 27 heavy (non-hydrogen) atoms. The summed E-state index contributed by atoms with van der Waals surface area (Å²) in [5.74, 6) is 1.50. The van der Waals surface area contributed by atoms with Crippen LogP contribution in [-0.2, 0) is 0 Å². The number of hydrogen-bond acceptors (Lipinski definition) is 5. The highest BCUT2D eigenvalue weighted by Gasteiger charge is 2.11. The van der Waals surface area contributed by atoms with Gasteiger partial charge >= 0.3 is 0 Å². The van der Waals surface area contributed by atoms with Gasteiger partial charge in [0, 0.05) is 37.2 Å². The van der Waals surface area contributed by atoms with Gasteiger partial charge in [-0.1, -0.05) is 11.6 Å². The van der Waals surface area contributed by atoms with Crippen molar-refractivity contribution in [3.8, 4) is 0 Å². The van der Waals surface area contributed by atoms with Gasteiger partial charge in [0.25, 0.3) is 0 Å². The van der Waals surface area contributed by atoms with Crippen molar-refractivity contribution in [1.29, 1.82) is 0 Å². The molecule has 2 aromatic rings. The molecule has 0 radical (unpaired) electrons. The lowest BCUT2D eigenvalue weighted by Gasteiger charge is -2.18. The SMILES string of the molecule is C1=C(CCNc2nccc(Nc3ccc(N4CCCC4)cc3)n2)CCCC1. The van der Waals surface area contributed by atoms with Crippen molar-refractivity contribution >= 4 is 23.1 Å². The molecule has 142 valence electrons. The van der Waals surface area contributed by atoms with E-state index in [4.69, 9.17) is 0 Å². The van der Waals surface area contributed by atoms with Gasteiger partial charge < -0.3 is 15.5 Å². The zero-order valence-electron chi connectivity index (χ0n) is 16.0. The van der Waals surface area contributed by atoms with Crippen LogP contribution in [0.5, 0.6) is 0 Å². The molecule has 1 aliphatic carbocycles. The van der Waals surface area contributed by atoms with Crippen LogP contribution in [0, 0.1) is 0 Å². The quantitative estimate of drug-likeness (QED) is 0.669.